The average Bonchev–Trinajstić information content (AvgIpc) is 2.69. The van der Waals surface area contributed by atoms with Gasteiger partial charge in [-0.25, -0.2) is 9.49 Å². The highest BCUT2D eigenvalue weighted by Gasteiger charge is 2.17. The highest BCUT2D eigenvalue weighted by atomic mass is 35.5. The lowest BCUT2D eigenvalue weighted by molar-refractivity contribution is 0.433. The molecule has 0 aliphatic heterocycles. The maximum Gasteiger partial charge on any atom is 0.267 e. The van der Waals surface area contributed by atoms with Crippen LogP contribution in [0.4, 0.5) is 4.39 Å². The van der Waals surface area contributed by atoms with E-state index in [1.54, 1.807) is 31.2 Å². The third kappa shape index (κ3) is 4.05. The summed E-state index contributed by atoms with van der Waals surface area (Å²) in [7, 11) is 0. The van der Waals surface area contributed by atoms with Gasteiger partial charge in [0.25, 0.3) is 5.56 Å². The van der Waals surface area contributed by atoms with Crippen molar-refractivity contribution in [1.29, 1.82) is 5.26 Å². The van der Waals surface area contributed by atoms with Crippen LogP contribution in [0.3, 0.4) is 0 Å². The highest BCUT2D eigenvalue weighted by Crippen LogP contribution is 2.35. The zero-order valence-corrected chi connectivity index (χ0v) is 16.1. The first kappa shape index (κ1) is 19.6. The summed E-state index contributed by atoms with van der Waals surface area (Å²) in [5, 5.41) is 15.7. The van der Waals surface area contributed by atoms with E-state index in [2.05, 4.69) is 10.2 Å². The number of benzene rings is 2. The summed E-state index contributed by atoms with van der Waals surface area (Å²) in [4.78, 5) is 11.5. The summed E-state index contributed by atoms with van der Waals surface area (Å²) >= 11 is 6.15. The molecule has 0 spiro atoms. The van der Waals surface area contributed by atoms with E-state index in [9.17, 15) is 4.79 Å². The van der Waals surface area contributed by atoms with Gasteiger partial charge in [0, 0.05) is 18.1 Å². The van der Waals surface area contributed by atoms with Gasteiger partial charge in [0.2, 0.25) is 0 Å². The number of hydrogen-bond acceptors (Lipinski definition) is 4. The van der Waals surface area contributed by atoms with Gasteiger partial charge in [-0.15, -0.1) is 0 Å². The standard InChI is InChI=1S/C21H17ClFN3O2/c1-3-14-5-6-15(10-16-8-12(2)21(27)26-25-16)19(23)20(14)28-18-9-13(11-24)4-7-17(18)22/h4-9H,3,10H2,1-2H3,(H,26,27). The zero-order chi connectivity index (χ0) is 20.3. The molecule has 5 nitrogen and oxygen atoms in total. The van der Waals surface area contributed by atoms with Gasteiger partial charge in [-0.1, -0.05) is 30.7 Å². The Labute approximate surface area is 166 Å². The predicted octanol–water partition coefficient (Wildman–Crippen LogP) is 4.69. The number of H-pyrrole nitrogens is 1. The largest absolute Gasteiger partial charge is 0.452 e. The minimum atomic E-state index is -0.525. The predicted molar refractivity (Wildman–Crippen MR) is 104 cm³/mol. The Morgan fingerprint density at radius 3 is 2.68 bits per heavy atom. The number of aromatic nitrogens is 2. The van der Waals surface area contributed by atoms with Crippen molar-refractivity contribution < 1.29 is 9.13 Å². The van der Waals surface area contributed by atoms with Gasteiger partial charge in [-0.2, -0.15) is 10.4 Å². The second-order valence-corrected chi connectivity index (χ2v) is 6.69. The number of nitrogens with zero attached hydrogens (tertiary/aromatic N) is 2. The second kappa shape index (κ2) is 8.24. The number of aryl methyl sites for hydroxylation is 2. The van der Waals surface area contributed by atoms with Crippen molar-refractivity contribution in [3.63, 3.8) is 0 Å². The molecule has 142 valence electrons. The molecule has 7 heteroatoms. The monoisotopic (exact) mass is 397 g/mol. The number of halogens is 2. The van der Waals surface area contributed by atoms with Crippen LogP contribution in [0, 0.1) is 24.1 Å². The molecular formula is C21H17ClFN3O2. The van der Waals surface area contributed by atoms with Crippen LogP contribution < -0.4 is 10.3 Å². The quantitative estimate of drug-likeness (QED) is 0.677. The van der Waals surface area contributed by atoms with Crippen molar-refractivity contribution in [2.75, 3.05) is 0 Å². The minimum absolute atomic E-state index is 0.0677. The lowest BCUT2D eigenvalue weighted by Crippen LogP contribution is -2.13. The Kier molecular flexibility index (Phi) is 5.76. The van der Waals surface area contributed by atoms with Gasteiger partial charge in [0.05, 0.1) is 22.3 Å². The summed E-state index contributed by atoms with van der Waals surface area (Å²) in [5.41, 5.74) is 2.18. The number of rotatable bonds is 5. The molecule has 0 aliphatic rings. The van der Waals surface area contributed by atoms with Gasteiger partial charge >= 0.3 is 0 Å². The van der Waals surface area contributed by atoms with E-state index < -0.39 is 5.82 Å². The third-order valence-corrected chi connectivity index (χ3v) is 4.64. The number of hydrogen-bond donors (Lipinski definition) is 1. The first-order valence-corrected chi connectivity index (χ1v) is 9.03. The summed E-state index contributed by atoms with van der Waals surface area (Å²) in [5.74, 6) is -0.244. The molecular weight excluding hydrogens is 381 g/mol. The van der Waals surface area contributed by atoms with Gasteiger partial charge in [-0.05, 0) is 42.7 Å². The molecule has 0 atom stereocenters. The Morgan fingerprint density at radius 1 is 1.25 bits per heavy atom. The van der Waals surface area contributed by atoms with Crippen molar-refractivity contribution >= 4 is 11.6 Å². The molecule has 0 bridgehead atoms. The first-order chi connectivity index (χ1) is 13.4. The highest BCUT2D eigenvalue weighted by molar-refractivity contribution is 6.32. The van der Waals surface area contributed by atoms with Crippen LogP contribution in [0.25, 0.3) is 0 Å². The van der Waals surface area contributed by atoms with Crippen LogP contribution in [-0.2, 0) is 12.8 Å². The average molecular weight is 398 g/mol. The molecule has 1 N–H and O–H groups in total. The van der Waals surface area contributed by atoms with E-state index in [4.69, 9.17) is 21.6 Å². The molecule has 1 aromatic heterocycles. The topological polar surface area (TPSA) is 78.8 Å². The number of nitrogens with one attached hydrogen (secondary N) is 1. The number of ether oxygens (including phenoxy) is 1. The fourth-order valence-electron chi connectivity index (χ4n) is 2.77. The van der Waals surface area contributed by atoms with Gasteiger partial charge in [0.1, 0.15) is 5.75 Å². The van der Waals surface area contributed by atoms with E-state index in [1.807, 2.05) is 13.0 Å². The summed E-state index contributed by atoms with van der Waals surface area (Å²) in [6.07, 6.45) is 0.744. The Morgan fingerprint density at radius 2 is 2.00 bits per heavy atom. The van der Waals surface area contributed by atoms with Crippen LogP contribution in [0.5, 0.6) is 11.5 Å². The fraction of sp³-hybridized carbons (Fsp3) is 0.190. The van der Waals surface area contributed by atoms with Crippen molar-refractivity contribution in [3.05, 3.63) is 85.5 Å². The van der Waals surface area contributed by atoms with Crippen molar-refractivity contribution in [1.82, 2.24) is 10.2 Å². The lowest BCUT2D eigenvalue weighted by atomic mass is 10.0. The molecule has 0 amide bonds. The number of aromatic amines is 1. The molecule has 0 radical (unpaired) electrons. The van der Waals surface area contributed by atoms with E-state index >= 15 is 4.39 Å². The van der Waals surface area contributed by atoms with Crippen LogP contribution in [0.15, 0.2) is 41.2 Å². The SMILES string of the molecule is CCc1ccc(Cc2cc(C)c(=O)[nH]n2)c(F)c1Oc1cc(C#N)ccc1Cl. The maximum absolute atomic E-state index is 15.3. The van der Waals surface area contributed by atoms with E-state index in [0.29, 0.717) is 34.4 Å². The van der Waals surface area contributed by atoms with Crippen LogP contribution in [0.1, 0.15) is 34.9 Å². The van der Waals surface area contributed by atoms with Crippen molar-refractivity contribution in [3.8, 4) is 17.6 Å². The molecule has 0 fully saturated rings. The first-order valence-electron chi connectivity index (χ1n) is 8.65. The molecule has 0 saturated heterocycles. The van der Waals surface area contributed by atoms with Crippen molar-refractivity contribution in [2.45, 2.75) is 26.7 Å². The Bertz CT molecular complexity index is 1140. The van der Waals surface area contributed by atoms with Crippen LogP contribution in [0.2, 0.25) is 5.02 Å². The maximum atomic E-state index is 15.3. The smallest absolute Gasteiger partial charge is 0.267 e. The Balaban J connectivity index is 2.01. The normalized spacial score (nSPS) is 10.5. The molecule has 0 unspecified atom stereocenters. The molecule has 28 heavy (non-hydrogen) atoms. The van der Waals surface area contributed by atoms with Crippen molar-refractivity contribution in [2.24, 2.45) is 0 Å². The lowest BCUT2D eigenvalue weighted by Gasteiger charge is -2.15. The summed E-state index contributed by atoms with van der Waals surface area (Å²) in [6.45, 7) is 3.56. The van der Waals surface area contributed by atoms with Crippen LogP contribution in [-0.4, -0.2) is 10.2 Å². The molecule has 3 aromatic rings. The van der Waals surface area contributed by atoms with Gasteiger partial charge < -0.3 is 4.74 Å². The molecule has 0 saturated carbocycles. The van der Waals surface area contributed by atoms with Gasteiger partial charge in [0.15, 0.2) is 11.6 Å². The Hall–Kier alpha value is -3.17. The fourth-order valence-corrected chi connectivity index (χ4v) is 2.92. The second-order valence-electron chi connectivity index (χ2n) is 6.29. The molecule has 3 rings (SSSR count). The van der Waals surface area contributed by atoms with E-state index in [1.165, 1.54) is 12.1 Å². The molecule has 0 aliphatic carbocycles. The van der Waals surface area contributed by atoms with E-state index in [-0.39, 0.29) is 28.5 Å². The van der Waals surface area contributed by atoms with Crippen LogP contribution >= 0.6 is 11.6 Å². The van der Waals surface area contributed by atoms with E-state index in [0.717, 1.165) is 0 Å². The minimum Gasteiger partial charge on any atom is -0.452 e. The van der Waals surface area contributed by atoms with Gasteiger partial charge in [-0.3, -0.25) is 4.79 Å². The summed E-state index contributed by atoms with van der Waals surface area (Å²) < 4.78 is 21.0. The summed E-state index contributed by atoms with van der Waals surface area (Å²) in [6, 6.07) is 11.7. The molecule has 1 heterocycles. The number of nitriles is 1. The molecule has 2 aromatic carbocycles. The zero-order valence-electron chi connectivity index (χ0n) is 15.3. The third-order valence-electron chi connectivity index (χ3n) is 4.33.